The van der Waals surface area contributed by atoms with Gasteiger partial charge in [0.15, 0.2) is 0 Å². The van der Waals surface area contributed by atoms with Gasteiger partial charge >= 0.3 is 6.18 Å². The van der Waals surface area contributed by atoms with E-state index in [1.54, 1.807) is 0 Å². The maximum absolute atomic E-state index is 12.0. The summed E-state index contributed by atoms with van der Waals surface area (Å²) in [4.78, 5) is 0. The molecule has 0 spiro atoms. The Morgan fingerprint density at radius 3 is 2.14 bits per heavy atom. The second-order valence-corrected chi connectivity index (χ2v) is 6.38. The Morgan fingerprint density at radius 2 is 1.67 bits per heavy atom. The SMILES string of the molecule is CC(CNC(C)(C)C)c1ccc(COCC(F)(F)F)cc1. The van der Waals surface area contributed by atoms with Crippen LogP contribution in [0.3, 0.4) is 0 Å². The number of nitrogens with one attached hydrogen (secondary N) is 1. The maximum atomic E-state index is 12.0. The molecule has 0 aliphatic rings. The lowest BCUT2D eigenvalue weighted by atomic mass is 9.98. The van der Waals surface area contributed by atoms with Crippen LogP contribution in [0.5, 0.6) is 0 Å². The third-order valence-corrected chi connectivity index (χ3v) is 3.02. The van der Waals surface area contributed by atoms with E-state index in [1.165, 1.54) is 0 Å². The Hall–Kier alpha value is -1.07. The number of rotatable bonds is 6. The zero-order valence-corrected chi connectivity index (χ0v) is 13.1. The first-order valence-electron chi connectivity index (χ1n) is 7.05. The highest BCUT2D eigenvalue weighted by Gasteiger charge is 2.27. The van der Waals surface area contributed by atoms with E-state index in [0.717, 1.165) is 17.7 Å². The predicted molar refractivity (Wildman–Crippen MR) is 78.3 cm³/mol. The topological polar surface area (TPSA) is 21.3 Å². The summed E-state index contributed by atoms with van der Waals surface area (Å²) in [6.07, 6.45) is -4.27. The lowest BCUT2D eigenvalue weighted by Crippen LogP contribution is -2.38. The van der Waals surface area contributed by atoms with Gasteiger partial charge in [-0.05, 0) is 37.8 Å². The van der Waals surface area contributed by atoms with Crippen LogP contribution in [0.25, 0.3) is 0 Å². The molecule has 1 rings (SSSR count). The lowest BCUT2D eigenvalue weighted by molar-refractivity contribution is -0.176. The van der Waals surface area contributed by atoms with Crippen LogP contribution in [-0.2, 0) is 11.3 Å². The lowest BCUT2D eigenvalue weighted by Gasteiger charge is -2.23. The fourth-order valence-corrected chi connectivity index (χ4v) is 1.80. The van der Waals surface area contributed by atoms with Gasteiger partial charge in [0.25, 0.3) is 0 Å². The first kappa shape index (κ1) is 18.0. The van der Waals surface area contributed by atoms with Crippen LogP contribution in [0.15, 0.2) is 24.3 Å². The Kier molecular flexibility index (Phi) is 6.23. The Balaban J connectivity index is 2.46. The summed E-state index contributed by atoms with van der Waals surface area (Å²) in [5.74, 6) is 0.342. The molecule has 1 unspecified atom stereocenters. The van der Waals surface area contributed by atoms with Gasteiger partial charge < -0.3 is 10.1 Å². The van der Waals surface area contributed by atoms with Crippen molar-refractivity contribution in [3.05, 3.63) is 35.4 Å². The summed E-state index contributed by atoms with van der Waals surface area (Å²) in [7, 11) is 0. The van der Waals surface area contributed by atoms with Crippen LogP contribution in [0.1, 0.15) is 44.7 Å². The molecular formula is C16H24F3NO. The van der Waals surface area contributed by atoms with E-state index in [-0.39, 0.29) is 12.1 Å². The van der Waals surface area contributed by atoms with Gasteiger partial charge in [-0.15, -0.1) is 0 Å². The minimum atomic E-state index is -4.27. The largest absolute Gasteiger partial charge is 0.411 e. The maximum Gasteiger partial charge on any atom is 0.411 e. The van der Waals surface area contributed by atoms with Gasteiger partial charge in [0.2, 0.25) is 0 Å². The molecule has 21 heavy (non-hydrogen) atoms. The van der Waals surface area contributed by atoms with E-state index in [2.05, 4.69) is 37.7 Å². The second kappa shape index (κ2) is 7.27. The number of benzene rings is 1. The number of hydrogen-bond acceptors (Lipinski definition) is 2. The highest BCUT2D eigenvalue weighted by atomic mass is 19.4. The fourth-order valence-electron chi connectivity index (χ4n) is 1.80. The smallest absolute Gasteiger partial charge is 0.367 e. The van der Waals surface area contributed by atoms with Crippen molar-refractivity contribution in [3.8, 4) is 0 Å². The van der Waals surface area contributed by atoms with Gasteiger partial charge in [0.05, 0.1) is 6.61 Å². The Bertz CT molecular complexity index is 421. The zero-order valence-electron chi connectivity index (χ0n) is 13.1. The highest BCUT2D eigenvalue weighted by molar-refractivity contribution is 5.25. The van der Waals surface area contributed by atoms with Crippen molar-refractivity contribution in [3.63, 3.8) is 0 Å². The molecule has 0 saturated heterocycles. The van der Waals surface area contributed by atoms with Crippen molar-refractivity contribution in [1.82, 2.24) is 5.32 Å². The molecule has 1 aromatic rings. The first-order valence-corrected chi connectivity index (χ1v) is 7.05. The molecule has 0 fully saturated rings. The van der Waals surface area contributed by atoms with Crippen LogP contribution in [0, 0.1) is 0 Å². The molecule has 1 N–H and O–H groups in total. The molecule has 0 aliphatic carbocycles. The van der Waals surface area contributed by atoms with Crippen LogP contribution >= 0.6 is 0 Å². The molecule has 0 amide bonds. The van der Waals surface area contributed by atoms with Gasteiger partial charge in [0, 0.05) is 12.1 Å². The van der Waals surface area contributed by atoms with E-state index in [4.69, 9.17) is 0 Å². The highest BCUT2D eigenvalue weighted by Crippen LogP contribution is 2.18. The van der Waals surface area contributed by atoms with Gasteiger partial charge in [-0.1, -0.05) is 31.2 Å². The van der Waals surface area contributed by atoms with E-state index in [0.29, 0.717) is 5.92 Å². The summed E-state index contributed by atoms with van der Waals surface area (Å²) in [6.45, 7) is 8.08. The average molecular weight is 303 g/mol. The molecule has 0 radical (unpaired) electrons. The van der Waals surface area contributed by atoms with Crippen molar-refractivity contribution < 1.29 is 17.9 Å². The summed E-state index contributed by atoms with van der Waals surface area (Å²) in [6, 6.07) is 7.53. The van der Waals surface area contributed by atoms with Crippen LogP contribution in [0.2, 0.25) is 0 Å². The first-order chi connectivity index (χ1) is 9.57. The second-order valence-electron chi connectivity index (χ2n) is 6.38. The Labute approximate surface area is 124 Å². The van der Waals surface area contributed by atoms with Gasteiger partial charge in [-0.25, -0.2) is 0 Å². The van der Waals surface area contributed by atoms with Crippen molar-refractivity contribution in [1.29, 1.82) is 0 Å². The van der Waals surface area contributed by atoms with Gasteiger partial charge in [0.1, 0.15) is 6.61 Å². The van der Waals surface area contributed by atoms with Gasteiger partial charge in [-0.3, -0.25) is 0 Å². The molecule has 1 aromatic carbocycles. The van der Waals surface area contributed by atoms with E-state index >= 15 is 0 Å². The summed E-state index contributed by atoms with van der Waals surface area (Å²) in [5, 5.41) is 3.44. The minimum Gasteiger partial charge on any atom is -0.367 e. The molecule has 0 bridgehead atoms. The van der Waals surface area contributed by atoms with E-state index in [9.17, 15) is 13.2 Å². The molecule has 1 atom stereocenters. The average Bonchev–Trinajstić information content (AvgIpc) is 2.34. The molecule has 0 heterocycles. The summed E-state index contributed by atoms with van der Waals surface area (Å²) < 4.78 is 40.6. The molecule has 0 aromatic heterocycles. The number of alkyl halides is 3. The summed E-state index contributed by atoms with van der Waals surface area (Å²) >= 11 is 0. The monoisotopic (exact) mass is 303 g/mol. The molecule has 2 nitrogen and oxygen atoms in total. The normalized spacial score (nSPS) is 14.2. The van der Waals surface area contributed by atoms with Crippen molar-refractivity contribution in [2.45, 2.75) is 51.9 Å². The van der Waals surface area contributed by atoms with E-state index < -0.39 is 12.8 Å². The molecule has 5 heteroatoms. The number of hydrogen-bond donors (Lipinski definition) is 1. The van der Waals surface area contributed by atoms with Crippen LogP contribution < -0.4 is 5.32 Å². The van der Waals surface area contributed by atoms with E-state index in [1.807, 2.05) is 24.3 Å². The fraction of sp³-hybridized carbons (Fsp3) is 0.625. The number of halogens is 3. The Morgan fingerprint density at radius 1 is 1.10 bits per heavy atom. The van der Waals surface area contributed by atoms with Crippen LogP contribution in [-0.4, -0.2) is 24.9 Å². The third-order valence-electron chi connectivity index (χ3n) is 3.02. The van der Waals surface area contributed by atoms with Crippen molar-refractivity contribution >= 4 is 0 Å². The quantitative estimate of drug-likeness (QED) is 0.848. The molecule has 0 aliphatic heterocycles. The third kappa shape index (κ3) is 8.07. The predicted octanol–water partition coefficient (Wildman–Crippen LogP) is 4.26. The van der Waals surface area contributed by atoms with Crippen molar-refractivity contribution in [2.75, 3.05) is 13.2 Å². The van der Waals surface area contributed by atoms with Crippen molar-refractivity contribution in [2.24, 2.45) is 0 Å². The molecule has 120 valence electrons. The standard InChI is InChI=1S/C16H24F3NO/c1-12(9-20-15(2,3)4)14-7-5-13(6-8-14)10-21-11-16(17,18)19/h5-8,12,20H,9-11H2,1-4H3. The summed E-state index contributed by atoms with van der Waals surface area (Å²) in [5.41, 5.74) is 1.98. The zero-order chi connectivity index (χ0) is 16.1. The van der Waals surface area contributed by atoms with Gasteiger partial charge in [-0.2, -0.15) is 13.2 Å². The molecular weight excluding hydrogens is 279 g/mol. The molecule has 0 saturated carbocycles. The number of ether oxygens (including phenoxy) is 1. The minimum absolute atomic E-state index is 0.0194. The van der Waals surface area contributed by atoms with Crippen LogP contribution in [0.4, 0.5) is 13.2 Å².